The van der Waals surface area contributed by atoms with Crippen LogP contribution >= 0.6 is 15.9 Å². The zero-order valence-electron chi connectivity index (χ0n) is 7.83. The molecule has 1 aliphatic heterocycles. The van der Waals surface area contributed by atoms with Gasteiger partial charge in [-0.2, -0.15) is 0 Å². The van der Waals surface area contributed by atoms with Crippen LogP contribution in [0.25, 0.3) is 6.08 Å². The van der Waals surface area contributed by atoms with Gasteiger partial charge < -0.3 is 4.90 Å². The molecule has 2 nitrogen and oxygen atoms in total. The smallest absolute Gasteiger partial charge is 0.246 e. The minimum Gasteiger partial charge on any atom is -0.338 e. The van der Waals surface area contributed by atoms with Crippen LogP contribution in [0, 0.1) is 0 Å². The normalized spacial score (nSPS) is 15.3. The third-order valence-corrected chi connectivity index (χ3v) is 2.79. The maximum atomic E-state index is 11.4. The Morgan fingerprint density at radius 1 is 1.36 bits per heavy atom. The molecule has 0 bridgehead atoms. The van der Waals surface area contributed by atoms with Gasteiger partial charge in [-0.15, -0.1) is 0 Å². The summed E-state index contributed by atoms with van der Waals surface area (Å²) in [6.45, 7) is 0.667. The van der Waals surface area contributed by atoms with E-state index in [0.717, 1.165) is 10.0 Å². The van der Waals surface area contributed by atoms with Crippen LogP contribution < -0.4 is 0 Å². The third-order valence-electron chi connectivity index (χ3n) is 2.29. The van der Waals surface area contributed by atoms with E-state index in [2.05, 4.69) is 22.0 Å². The Morgan fingerprint density at radius 2 is 2.14 bits per heavy atom. The topological polar surface area (TPSA) is 20.3 Å². The van der Waals surface area contributed by atoms with E-state index >= 15 is 0 Å². The Balaban J connectivity index is 2.48. The summed E-state index contributed by atoms with van der Waals surface area (Å²) < 4.78 is 1.05. The number of benzene rings is 1. The second kappa shape index (κ2) is 3.58. The molecule has 0 spiro atoms. The van der Waals surface area contributed by atoms with E-state index in [-0.39, 0.29) is 5.91 Å². The van der Waals surface area contributed by atoms with Crippen molar-refractivity contribution in [3.63, 3.8) is 0 Å². The molecular weight excluding hydrogens is 242 g/mol. The molecule has 0 aromatic heterocycles. The number of hydrogen-bond donors (Lipinski definition) is 0. The first-order valence-corrected chi connectivity index (χ1v) is 5.18. The predicted octanol–water partition coefficient (Wildman–Crippen LogP) is 2.43. The zero-order chi connectivity index (χ0) is 10.1. The predicted molar refractivity (Wildman–Crippen MR) is 59.7 cm³/mol. The number of carbonyl (C=O) groups excluding carboxylic acids is 1. The average molecular weight is 252 g/mol. The van der Waals surface area contributed by atoms with Crippen LogP contribution in [-0.4, -0.2) is 17.9 Å². The van der Waals surface area contributed by atoms with Crippen LogP contribution in [0.5, 0.6) is 0 Å². The summed E-state index contributed by atoms with van der Waals surface area (Å²) in [5.41, 5.74) is 2.29. The fourth-order valence-electron chi connectivity index (χ4n) is 1.50. The van der Waals surface area contributed by atoms with E-state index in [1.165, 1.54) is 5.56 Å². The highest BCUT2D eigenvalue weighted by molar-refractivity contribution is 9.10. The Hall–Kier alpha value is -1.09. The van der Waals surface area contributed by atoms with Crippen LogP contribution in [0.4, 0.5) is 0 Å². The van der Waals surface area contributed by atoms with Crippen molar-refractivity contribution in [1.82, 2.24) is 4.90 Å². The molecule has 72 valence electrons. The number of fused-ring (bicyclic) bond motifs is 1. The van der Waals surface area contributed by atoms with Gasteiger partial charge in [-0.05, 0) is 29.3 Å². The molecule has 0 aliphatic carbocycles. The van der Waals surface area contributed by atoms with Crippen molar-refractivity contribution in [2.24, 2.45) is 0 Å². The van der Waals surface area contributed by atoms with E-state index in [0.29, 0.717) is 6.54 Å². The van der Waals surface area contributed by atoms with Crippen LogP contribution in [0.15, 0.2) is 28.7 Å². The summed E-state index contributed by atoms with van der Waals surface area (Å²) >= 11 is 3.42. The van der Waals surface area contributed by atoms with Crippen molar-refractivity contribution in [3.05, 3.63) is 39.9 Å². The lowest BCUT2D eigenvalue weighted by Crippen LogP contribution is -2.23. The second-order valence-corrected chi connectivity index (χ2v) is 4.29. The number of halogens is 1. The molecule has 0 unspecified atom stereocenters. The van der Waals surface area contributed by atoms with Gasteiger partial charge in [-0.25, -0.2) is 0 Å². The maximum absolute atomic E-state index is 11.4. The first-order valence-electron chi connectivity index (χ1n) is 4.38. The summed E-state index contributed by atoms with van der Waals surface area (Å²) in [4.78, 5) is 13.1. The molecule has 1 aromatic rings. The average Bonchev–Trinajstić information content (AvgIpc) is 2.27. The van der Waals surface area contributed by atoms with Gasteiger partial charge >= 0.3 is 0 Å². The summed E-state index contributed by atoms with van der Waals surface area (Å²) in [6.07, 6.45) is 3.48. The molecule has 1 aromatic carbocycles. The molecule has 0 saturated heterocycles. The lowest BCUT2D eigenvalue weighted by Gasteiger charge is -2.14. The molecule has 1 heterocycles. The summed E-state index contributed by atoms with van der Waals surface area (Å²) in [7, 11) is 1.81. The van der Waals surface area contributed by atoms with Gasteiger partial charge in [0.15, 0.2) is 0 Å². The Morgan fingerprint density at radius 3 is 2.93 bits per heavy atom. The van der Waals surface area contributed by atoms with E-state index in [9.17, 15) is 4.79 Å². The van der Waals surface area contributed by atoms with Crippen molar-refractivity contribution in [1.29, 1.82) is 0 Å². The number of rotatable bonds is 0. The van der Waals surface area contributed by atoms with Crippen molar-refractivity contribution in [3.8, 4) is 0 Å². The van der Waals surface area contributed by atoms with Crippen molar-refractivity contribution in [2.45, 2.75) is 6.54 Å². The minimum absolute atomic E-state index is 0.0531. The zero-order valence-corrected chi connectivity index (χ0v) is 9.41. The number of carbonyl (C=O) groups is 1. The molecule has 2 rings (SSSR count). The van der Waals surface area contributed by atoms with Gasteiger partial charge in [0.2, 0.25) is 5.91 Å². The highest BCUT2D eigenvalue weighted by Gasteiger charge is 2.12. The van der Waals surface area contributed by atoms with Gasteiger partial charge in [-0.1, -0.05) is 22.0 Å². The molecule has 0 radical (unpaired) electrons. The van der Waals surface area contributed by atoms with Crippen LogP contribution in [0.1, 0.15) is 11.1 Å². The molecule has 1 amide bonds. The van der Waals surface area contributed by atoms with E-state index in [4.69, 9.17) is 0 Å². The fourth-order valence-corrected chi connectivity index (χ4v) is 1.90. The maximum Gasteiger partial charge on any atom is 0.246 e. The largest absolute Gasteiger partial charge is 0.338 e. The standard InChI is InChI=1S/C11H10BrNO/c1-13-7-9-6-10(12)4-2-8(9)3-5-11(13)14/h2-6H,7H2,1H3. The van der Waals surface area contributed by atoms with Crippen LogP contribution in [0.3, 0.4) is 0 Å². The monoisotopic (exact) mass is 251 g/mol. The molecule has 1 aliphatic rings. The number of amides is 1. The highest BCUT2D eigenvalue weighted by Crippen LogP contribution is 2.21. The lowest BCUT2D eigenvalue weighted by atomic mass is 10.1. The Bertz CT molecular complexity index is 412. The van der Waals surface area contributed by atoms with Crippen molar-refractivity contribution in [2.75, 3.05) is 7.05 Å². The number of hydrogen-bond acceptors (Lipinski definition) is 1. The summed E-state index contributed by atoms with van der Waals surface area (Å²) in [5.74, 6) is 0.0531. The van der Waals surface area contributed by atoms with Gasteiger partial charge in [0.05, 0.1) is 0 Å². The SMILES string of the molecule is CN1Cc2cc(Br)ccc2C=CC1=O. The van der Waals surface area contributed by atoms with E-state index in [1.807, 2.05) is 25.3 Å². The highest BCUT2D eigenvalue weighted by atomic mass is 79.9. The van der Waals surface area contributed by atoms with Crippen molar-refractivity contribution < 1.29 is 4.79 Å². The summed E-state index contributed by atoms with van der Waals surface area (Å²) in [5, 5.41) is 0. The second-order valence-electron chi connectivity index (χ2n) is 3.37. The molecule has 0 saturated carbocycles. The minimum atomic E-state index is 0.0531. The number of nitrogens with zero attached hydrogens (tertiary/aromatic N) is 1. The van der Waals surface area contributed by atoms with Crippen molar-refractivity contribution >= 4 is 27.9 Å². The molecule has 3 heteroatoms. The van der Waals surface area contributed by atoms with Gasteiger partial charge in [0, 0.05) is 24.1 Å². The molecule has 0 N–H and O–H groups in total. The van der Waals surface area contributed by atoms with E-state index < -0.39 is 0 Å². The Kier molecular flexibility index (Phi) is 2.42. The molecular formula is C11H10BrNO. The fraction of sp³-hybridized carbons (Fsp3) is 0.182. The van der Waals surface area contributed by atoms with Crippen LogP contribution in [0.2, 0.25) is 0 Å². The molecule has 0 atom stereocenters. The molecule has 0 fully saturated rings. The first kappa shape index (κ1) is 9.46. The van der Waals surface area contributed by atoms with E-state index in [1.54, 1.807) is 11.0 Å². The summed E-state index contributed by atoms with van der Waals surface area (Å²) in [6, 6.07) is 6.05. The van der Waals surface area contributed by atoms with Gasteiger partial charge in [-0.3, -0.25) is 4.79 Å². The number of likely N-dealkylation sites (N-methyl/N-ethyl adjacent to an activating group) is 1. The van der Waals surface area contributed by atoms with Crippen LogP contribution in [-0.2, 0) is 11.3 Å². The Labute approximate surface area is 91.3 Å². The molecule has 14 heavy (non-hydrogen) atoms. The lowest BCUT2D eigenvalue weighted by molar-refractivity contribution is -0.125. The quantitative estimate of drug-likeness (QED) is 0.694. The van der Waals surface area contributed by atoms with Gasteiger partial charge in [0.1, 0.15) is 0 Å². The van der Waals surface area contributed by atoms with Gasteiger partial charge in [0.25, 0.3) is 0 Å². The third kappa shape index (κ3) is 1.73. The first-order chi connectivity index (χ1) is 6.66.